The summed E-state index contributed by atoms with van der Waals surface area (Å²) in [6.07, 6.45) is 11.6. The predicted molar refractivity (Wildman–Crippen MR) is 153 cm³/mol. The Bertz CT molecular complexity index is 1580. The zero-order chi connectivity index (χ0) is 25.9. The van der Waals surface area contributed by atoms with E-state index in [1.807, 2.05) is 37.7 Å². The predicted octanol–water partition coefficient (Wildman–Crippen LogP) is 6.20. The molecule has 0 fully saturated rings. The van der Waals surface area contributed by atoms with Crippen LogP contribution in [0.1, 0.15) is 33.1 Å². The first-order valence-corrected chi connectivity index (χ1v) is 13.1. The fourth-order valence-electron chi connectivity index (χ4n) is 4.44. The molecule has 8 heteroatoms. The van der Waals surface area contributed by atoms with Crippen LogP contribution in [0.5, 0.6) is 0 Å². The van der Waals surface area contributed by atoms with Gasteiger partial charge in [-0.05, 0) is 77.2 Å². The highest BCUT2D eigenvalue weighted by Crippen LogP contribution is 2.33. The summed E-state index contributed by atoms with van der Waals surface area (Å²) in [6, 6.07) is 8.58. The summed E-state index contributed by atoms with van der Waals surface area (Å²) < 4.78 is 0. The SMILES string of the molecule is C=C/C=C(/c1ccc(C)s1)c1nc(-c2[nH]nc3ncc(-c4cncc(CCCN(C)C)c4)cc23)[nH]c1C. The minimum absolute atomic E-state index is 0.653. The lowest BCUT2D eigenvalue weighted by Crippen LogP contribution is -2.13. The van der Waals surface area contributed by atoms with Crippen molar-refractivity contribution in [2.24, 2.45) is 0 Å². The number of hydrogen-bond donors (Lipinski definition) is 2. The number of nitrogens with zero attached hydrogens (tertiary/aromatic N) is 5. The Morgan fingerprint density at radius 3 is 2.70 bits per heavy atom. The van der Waals surface area contributed by atoms with E-state index in [1.165, 1.54) is 10.4 Å². The van der Waals surface area contributed by atoms with Crippen molar-refractivity contribution in [3.8, 4) is 22.6 Å². The van der Waals surface area contributed by atoms with Gasteiger partial charge in [0.1, 0.15) is 5.69 Å². The van der Waals surface area contributed by atoms with E-state index in [9.17, 15) is 0 Å². The molecule has 5 aromatic rings. The maximum Gasteiger partial charge on any atom is 0.181 e. The first-order chi connectivity index (χ1) is 17.9. The minimum atomic E-state index is 0.653. The number of fused-ring (bicyclic) bond motifs is 1. The molecule has 188 valence electrons. The first-order valence-electron chi connectivity index (χ1n) is 12.3. The van der Waals surface area contributed by atoms with Crippen molar-refractivity contribution < 1.29 is 0 Å². The van der Waals surface area contributed by atoms with E-state index in [0.717, 1.165) is 69.3 Å². The van der Waals surface area contributed by atoms with Crippen LogP contribution >= 0.6 is 11.3 Å². The second kappa shape index (κ2) is 10.6. The Morgan fingerprint density at radius 2 is 1.95 bits per heavy atom. The maximum absolute atomic E-state index is 4.99. The number of allylic oxidation sites excluding steroid dienone is 2. The van der Waals surface area contributed by atoms with Crippen LogP contribution in [0.15, 0.2) is 61.6 Å². The molecule has 5 aromatic heterocycles. The van der Waals surface area contributed by atoms with Crippen LogP contribution in [-0.4, -0.2) is 55.7 Å². The lowest BCUT2D eigenvalue weighted by atomic mass is 10.0. The zero-order valence-electron chi connectivity index (χ0n) is 21.7. The molecule has 37 heavy (non-hydrogen) atoms. The summed E-state index contributed by atoms with van der Waals surface area (Å²) in [5, 5.41) is 8.51. The van der Waals surface area contributed by atoms with E-state index in [1.54, 1.807) is 11.3 Å². The first kappa shape index (κ1) is 24.8. The average molecular weight is 510 g/mol. The molecule has 5 rings (SSSR count). The van der Waals surface area contributed by atoms with Crippen LogP contribution in [0.25, 0.3) is 39.3 Å². The van der Waals surface area contributed by atoms with Gasteiger partial charge in [0.15, 0.2) is 11.5 Å². The molecule has 5 heterocycles. The molecule has 2 N–H and O–H groups in total. The summed E-state index contributed by atoms with van der Waals surface area (Å²) >= 11 is 1.75. The van der Waals surface area contributed by atoms with Crippen molar-refractivity contribution in [1.82, 2.24) is 35.0 Å². The van der Waals surface area contributed by atoms with E-state index in [2.05, 4.69) is 81.9 Å². The van der Waals surface area contributed by atoms with E-state index in [0.29, 0.717) is 5.65 Å². The van der Waals surface area contributed by atoms with E-state index in [-0.39, 0.29) is 0 Å². The van der Waals surface area contributed by atoms with Gasteiger partial charge in [0, 0.05) is 50.7 Å². The molecular formula is C29H31N7S. The highest BCUT2D eigenvalue weighted by atomic mass is 32.1. The van der Waals surface area contributed by atoms with Crippen molar-refractivity contribution in [2.45, 2.75) is 26.7 Å². The van der Waals surface area contributed by atoms with Crippen LogP contribution in [0.4, 0.5) is 0 Å². The van der Waals surface area contributed by atoms with Crippen LogP contribution in [0.2, 0.25) is 0 Å². The largest absolute Gasteiger partial charge is 0.340 e. The van der Waals surface area contributed by atoms with Crippen LogP contribution in [0, 0.1) is 13.8 Å². The number of H-pyrrole nitrogens is 2. The smallest absolute Gasteiger partial charge is 0.181 e. The Hall–Kier alpha value is -3.88. The number of aromatic amines is 2. The summed E-state index contributed by atoms with van der Waals surface area (Å²) in [7, 11) is 4.20. The van der Waals surface area contributed by atoms with Gasteiger partial charge in [-0.25, -0.2) is 9.97 Å². The van der Waals surface area contributed by atoms with Crippen LogP contribution in [-0.2, 0) is 6.42 Å². The number of pyridine rings is 2. The van der Waals surface area contributed by atoms with Gasteiger partial charge in [-0.1, -0.05) is 18.7 Å². The molecule has 0 amide bonds. The molecule has 0 aliphatic carbocycles. The fourth-order valence-corrected chi connectivity index (χ4v) is 5.33. The molecule has 0 radical (unpaired) electrons. The van der Waals surface area contributed by atoms with Crippen molar-refractivity contribution in [3.05, 3.63) is 88.3 Å². The molecule has 0 unspecified atom stereocenters. The maximum atomic E-state index is 4.99. The Balaban J connectivity index is 1.50. The normalized spacial score (nSPS) is 12.1. The summed E-state index contributed by atoms with van der Waals surface area (Å²) in [6.45, 7) is 9.12. The topological polar surface area (TPSA) is 86.4 Å². The summed E-state index contributed by atoms with van der Waals surface area (Å²) in [5.74, 6) is 0.729. The number of aryl methyl sites for hydroxylation is 3. The van der Waals surface area contributed by atoms with Crippen LogP contribution < -0.4 is 0 Å². The van der Waals surface area contributed by atoms with Crippen molar-refractivity contribution in [1.29, 1.82) is 0 Å². The molecule has 0 saturated heterocycles. The summed E-state index contributed by atoms with van der Waals surface area (Å²) in [4.78, 5) is 22.2. The van der Waals surface area contributed by atoms with Gasteiger partial charge in [0.25, 0.3) is 0 Å². The fraction of sp³-hybridized carbons (Fsp3) is 0.241. The molecule has 0 saturated carbocycles. The van der Waals surface area contributed by atoms with E-state index in [4.69, 9.17) is 4.98 Å². The van der Waals surface area contributed by atoms with E-state index >= 15 is 0 Å². The number of nitrogens with one attached hydrogen (secondary N) is 2. The third kappa shape index (κ3) is 5.30. The number of aromatic nitrogens is 6. The van der Waals surface area contributed by atoms with Gasteiger partial charge in [-0.15, -0.1) is 11.3 Å². The van der Waals surface area contributed by atoms with Gasteiger partial charge in [-0.2, -0.15) is 5.10 Å². The van der Waals surface area contributed by atoms with Gasteiger partial charge in [0.05, 0.1) is 11.1 Å². The molecule has 0 aliphatic rings. The van der Waals surface area contributed by atoms with Crippen molar-refractivity contribution in [2.75, 3.05) is 20.6 Å². The number of hydrogen-bond acceptors (Lipinski definition) is 6. The number of thiophene rings is 1. The third-order valence-corrected chi connectivity index (χ3v) is 7.31. The monoisotopic (exact) mass is 509 g/mol. The standard InChI is InChI=1S/C29H31N7S/c1-6-8-23(25-11-10-18(2)37-25)26-19(3)32-29(33-26)27-24-14-22(17-31-28(24)35-34-27)21-13-20(15-30-16-21)9-7-12-36(4)5/h6,8,10-11,13-17H,1,7,9,12H2,2-5H3,(H,32,33)(H,31,34,35)/b23-8-. The Kier molecular flexibility index (Phi) is 7.12. The second-order valence-electron chi connectivity index (χ2n) is 9.47. The number of imidazole rings is 1. The molecule has 7 nitrogen and oxygen atoms in total. The summed E-state index contributed by atoms with van der Waals surface area (Å²) in [5.41, 5.74) is 7.67. The Morgan fingerprint density at radius 1 is 1.11 bits per heavy atom. The lowest BCUT2D eigenvalue weighted by Gasteiger charge is -2.09. The third-order valence-electron chi connectivity index (χ3n) is 6.28. The second-order valence-corrected chi connectivity index (χ2v) is 10.8. The Labute approximate surface area is 221 Å². The van der Waals surface area contributed by atoms with E-state index < -0.39 is 0 Å². The highest BCUT2D eigenvalue weighted by Gasteiger charge is 2.19. The average Bonchev–Trinajstić information content (AvgIpc) is 3.60. The minimum Gasteiger partial charge on any atom is -0.340 e. The van der Waals surface area contributed by atoms with Gasteiger partial charge >= 0.3 is 0 Å². The molecule has 0 spiro atoms. The van der Waals surface area contributed by atoms with Gasteiger partial charge in [0.2, 0.25) is 0 Å². The van der Waals surface area contributed by atoms with Crippen molar-refractivity contribution >= 4 is 27.9 Å². The molecule has 0 atom stereocenters. The highest BCUT2D eigenvalue weighted by molar-refractivity contribution is 7.13. The molecule has 0 bridgehead atoms. The molecule has 0 aliphatic heterocycles. The van der Waals surface area contributed by atoms with Crippen molar-refractivity contribution in [3.63, 3.8) is 0 Å². The van der Waals surface area contributed by atoms with Crippen LogP contribution in [0.3, 0.4) is 0 Å². The zero-order valence-corrected chi connectivity index (χ0v) is 22.5. The molecular weight excluding hydrogens is 478 g/mol. The quantitative estimate of drug-likeness (QED) is 0.231. The number of rotatable bonds is 9. The van der Waals surface area contributed by atoms with Gasteiger partial charge < -0.3 is 9.88 Å². The molecule has 0 aromatic carbocycles. The lowest BCUT2D eigenvalue weighted by molar-refractivity contribution is 0.400. The van der Waals surface area contributed by atoms with Gasteiger partial charge in [-0.3, -0.25) is 10.1 Å².